The molecule has 0 aliphatic heterocycles. The normalized spacial score (nSPS) is 18.2. The summed E-state index contributed by atoms with van der Waals surface area (Å²) in [6, 6.07) is 0. The first-order valence-corrected chi connectivity index (χ1v) is 7.67. The van der Waals surface area contributed by atoms with Crippen LogP contribution in [0.1, 0.15) is 52.9 Å². The molecule has 0 heterocycles. The van der Waals surface area contributed by atoms with Gasteiger partial charge in [0.15, 0.2) is 5.41 Å². The molecule has 0 aromatic rings. The van der Waals surface area contributed by atoms with Crippen LogP contribution in [-0.4, -0.2) is 28.9 Å². The highest BCUT2D eigenvalue weighted by Crippen LogP contribution is 2.35. The first-order valence-electron chi connectivity index (χ1n) is 6.67. The SMILES string of the molecule is CCOC([SiH3])(OCC)C1=C(CC)CCCC1. The van der Waals surface area contributed by atoms with Gasteiger partial charge >= 0.3 is 0 Å². The van der Waals surface area contributed by atoms with E-state index in [-0.39, 0.29) is 5.41 Å². The van der Waals surface area contributed by atoms with Crippen molar-refractivity contribution in [1.82, 2.24) is 0 Å². The van der Waals surface area contributed by atoms with Crippen molar-refractivity contribution < 1.29 is 9.47 Å². The van der Waals surface area contributed by atoms with Gasteiger partial charge in [-0.3, -0.25) is 0 Å². The third kappa shape index (κ3) is 3.19. The molecule has 0 amide bonds. The van der Waals surface area contributed by atoms with Crippen molar-refractivity contribution >= 4 is 10.2 Å². The first kappa shape index (κ1) is 13.9. The third-order valence-corrected chi connectivity index (χ3v) is 4.58. The molecule has 3 heteroatoms. The maximum atomic E-state index is 5.92. The van der Waals surface area contributed by atoms with Crippen LogP contribution >= 0.6 is 0 Å². The number of rotatable bonds is 6. The van der Waals surface area contributed by atoms with Gasteiger partial charge in [-0.25, -0.2) is 0 Å². The van der Waals surface area contributed by atoms with Gasteiger partial charge in [0.05, 0.1) is 10.2 Å². The fraction of sp³-hybridized carbons (Fsp3) is 0.846. The maximum Gasteiger partial charge on any atom is 0.162 e. The molecule has 0 saturated heterocycles. The summed E-state index contributed by atoms with van der Waals surface area (Å²) < 4.78 is 11.8. The molecule has 0 spiro atoms. The van der Waals surface area contributed by atoms with E-state index in [1.165, 1.54) is 31.3 Å². The zero-order valence-corrected chi connectivity index (χ0v) is 13.3. The summed E-state index contributed by atoms with van der Waals surface area (Å²) in [5.74, 6) is 0. The highest BCUT2D eigenvalue weighted by molar-refractivity contribution is 6.15. The Morgan fingerprint density at radius 1 is 1.06 bits per heavy atom. The second kappa shape index (κ2) is 6.57. The summed E-state index contributed by atoms with van der Waals surface area (Å²) in [5, 5.41) is 0. The molecule has 0 unspecified atom stereocenters. The van der Waals surface area contributed by atoms with Crippen LogP contribution in [0.25, 0.3) is 0 Å². The number of ether oxygens (including phenoxy) is 2. The van der Waals surface area contributed by atoms with Gasteiger partial charge in [-0.05, 0) is 51.5 Å². The molecule has 0 aromatic carbocycles. The Kier molecular flexibility index (Phi) is 5.73. The molecule has 0 radical (unpaired) electrons. The van der Waals surface area contributed by atoms with Gasteiger partial charge in [0.25, 0.3) is 0 Å². The number of hydrogen-bond donors (Lipinski definition) is 0. The topological polar surface area (TPSA) is 18.5 Å². The molecular weight excluding hydrogens is 216 g/mol. The Morgan fingerprint density at radius 2 is 1.62 bits per heavy atom. The molecule has 0 bridgehead atoms. The van der Waals surface area contributed by atoms with Crippen molar-refractivity contribution in [2.24, 2.45) is 0 Å². The third-order valence-electron chi connectivity index (χ3n) is 3.40. The molecule has 1 aliphatic rings. The van der Waals surface area contributed by atoms with Gasteiger partial charge in [0, 0.05) is 13.2 Å². The molecule has 0 aromatic heterocycles. The molecule has 94 valence electrons. The van der Waals surface area contributed by atoms with Crippen LogP contribution in [0.2, 0.25) is 0 Å². The lowest BCUT2D eigenvalue weighted by Gasteiger charge is -2.36. The predicted molar refractivity (Wildman–Crippen MR) is 71.7 cm³/mol. The number of allylic oxidation sites excluding steroid dienone is 1. The van der Waals surface area contributed by atoms with E-state index in [1.807, 2.05) is 0 Å². The van der Waals surface area contributed by atoms with Gasteiger partial charge < -0.3 is 9.47 Å². The Hall–Kier alpha value is -0.123. The molecule has 1 rings (SSSR count). The van der Waals surface area contributed by atoms with Crippen molar-refractivity contribution in [2.45, 2.75) is 58.3 Å². The predicted octanol–water partition coefficient (Wildman–Crippen LogP) is 2.36. The van der Waals surface area contributed by atoms with Crippen LogP contribution in [0.3, 0.4) is 0 Å². The van der Waals surface area contributed by atoms with E-state index >= 15 is 0 Å². The summed E-state index contributed by atoms with van der Waals surface area (Å²) >= 11 is 0. The van der Waals surface area contributed by atoms with E-state index < -0.39 is 0 Å². The van der Waals surface area contributed by atoms with E-state index in [4.69, 9.17) is 9.47 Å². The summed E-state index contributed by atoms with van der Waals surface area (Å²) in [6.45, 7) is 7.84. The quantitative estimate of drug-likeness (QED) is 0.404. The molecule has 0 atom stereocenters. The lowest BCUT2D eigenvalue weighted by atomic mass is 9.89. The van der Waals surface area contributed by atoms with E-state index in [9.17, 15) is 0 Å². The maximum absolute atomic E-state index is 5.92. The van der Waals surface area contributed by atoms with Gasteiger partial charge in [-0.2, -0.15) is 0 Å². The highest BCUT2D eigenvalue weighted by Gasteiger charge is 2.32. The largest absolute Gasteiger partial charge is 0.351 e. The second-order valence-corrected chi connectivity index (χ2v) is 5.77. The van der Waals surface area contributed by atoms with Crippen LogP contribution < -0.4 is 0 Å². The Balaban J connectivity index is 2.94. The van der Waals surface area contributed by atoms with Crippen LogP contribution in [0.4, 0.5) is 0 Å². The molecule has 0 N–H and O–H groups in total. The minimum Gasteiger partial charge on any atom is -0.351 e. The Bertz CT molecular complexity index is 242. The zero-order valence-electron chi connectivity index (χ0n) is 11.3. The van der Waals surface area contributed by atoms with Crippen molar-refractivity contribution in [2.75, 3.05) is 13.2 Å². The van der Waals surface area contributed by atoms with Crippen LogP contribution in [0.5, 0.6) is 0 Å². The van der Waals surface area contributed by atoms with Crippen LogP contribution in [0.15, 0.2) is 11.1 Å². The van der Waals surface area contributed by atoms with E-state index in [0.717, 1.165) is 29.9 Å². The second-order valence-electron chi connectivity index (χ2n) is 4.45. The first-order chi connectivity index (χ1) is 7.68. The van der Waals surface area contributed by atoms with Gasteiger partial charge in [-0.15, -0.1) is 0 Å². The fourth-order valence-electron chi connectivity index (χ4n) is 2.67. The summed E-state index contributed by atoms with van der Waals surface area (Å²) in [4.78, 5) is 0. The zero-order chi connectivity index (χ0) is 12.0. The highest BCUT2D eigenvalue weighted by atomic mass is 28.1. The lowest BCUT2D eigenvalue weighted by molar-refractivity contribution is -0.150. The monoisotopic (exact) mass is 242 g/mol. The standard InChI is InChI=1S/C13H26O2Si/c1-4-11-9-7-8-10-12(11)13(16,14-5-2)15-6-3/h4-10H2,1-3,16H3. The van der Waals surface area contributed by atoms with Crippen LogP contribution in [-0.2, 0) is 9.47 Å². The molecule has 1 aliphatic carbocycles. The average molecular weight is 242 g/mol. The molecule has 0 fully saturated rings. The number of hydrogen-bond acceptors (Lipinski definition) is 2. The lowest BCUT2D eigenvalue weighted by Crippen LogP contribution is -2.40. The molecular formula is C13H26O2Si. The summed E-state index contributed by atoms with van der Waals surface area (Å²) in [6.07, 6.45) is 6.20. The van der Waals surface area contributed by atoms with Gasteiger partial charge in [0.2, 0.25) is 0 Å². The van der Waals surface area contributed by atoms with Crippen molar-refractivity contribution in [3.8, 4) is 0 Å². The van der Waals surface area contributed by atoms with Crippen molar-refractivity contribution in [1.29, 1.82) is 0 Å². The van der Waals surface area contributed by atoms with Gasteiger partial charge in [0.1, 0.15) is 0 Å². The minimum atomic E-state index is -0.338. The van der Waals surface area contributed by atoms with E-state index in [0.29, 0.717) is 0 Å². The molecule has 16 heavy (non-hydrogen) atoms. The van der Waals surface area contributed by atoms with E-state index in [1.54, 1.807) is 5.57 Å². The van der Waals surface area contributed by atoms with Crippen molar-refractivity contribution in [3.05, 3.63) is 11.1 Å². The average Bonchev–Trinajstić information content (AvgIpc) is 2.29. The molecule has 2 nitrogen and oxygen atoms in total. The summed E-state index contributed by atoms with van der Waals surface area (Å²) in [7, 11) is 0.919. The van der Waals surface area contributed by atoms with Gasteiger partial charge in [-0.1, -0.05) is 12.5 Å². The minimum absolute atomic E-state index is 0.338. The fourth-order valence-corrected chi connectivity index (χ4v) is 3.85. The Morgan fingerprint density at radius 3 is 2.12 bits per heavy atom. The smallest absolute Gasteiger partial charge is 0.162 e. The Labute approximate surface area is 103 Å². The van der Waals surface area contributed by atoms with Crippen LogP contribution in [0, 0.1) is 0 Å². The molecule has 0 saturated carbocycles. The van der Waals surface area contributed by atoms with E-state index in [2.05, 4.69) is 20.8 Å². The summed E-state index contributed by atoms with van der Waals surface area (Å²) in [5.41, 5.74) is 2.72. The van der Waals surface area contributed by atoms with Crippen molar-refractivity contribution in [3.63, 3.8) is 0 Å².